The van der Waals surface area contributed by atoms with Crippen LogP contribution < -0.4 is 9.62 Å². The second kappa shape index (κ2) is 12.6. The predicted molar refractivity (Wildman–Crippen MR) is 138 cm³/mol. The molecule has 0 fully saturated rings. The summed E-state index contributed by atoms with van der Waals surface area (Å²) in [5.41, 5.74) is 0.825. The fourth-order valence-corrected chi connectivity index (χ4v) is 4.76. The molecule has 7 nitrogen and oxygen atoms in total. The molecule has 2 amide bonds. The minimum Gasteiger partial charge on any atom is -0.354 e. The first-order chi connectivity index (χ1) is 16.0. The second-order valence-corrected chi connectivity index (χ2v) is 10.9. The lowest BCUT2D eigenvalue weighted by Crippen LogP contribution is -2.52. The molecule has 1 N–H and O–H groups in total. The lowest BCUT2D eigenvalue weighted by Gasteiger charge is -2.33. The fraction of sp³-hybridized carbons (Fsp3) is 0.391. The van der Waals surface area contributed by atoms with Gasteiger partial charge in [0.15, 0.2) is 0 Å². The molecule has 0 saturated carbocycles. The van der Waals surface area contributed by atoms with Gasteiger partial charge in [0.05, 0.1) is 17.0 Å². The number of nitrogens with one attached hydrogen (secondary N) is 1. The van der Waals surface area contributed by atoms with Crippen molar-refractivity contribution in [3.05, 3.63) is 63.1 Å². The summed E-state index contributed by atoms with van der Waals surface area (Å²) in [4.78, 5) is 27.8. The van der Waals surface area contributed by atoms with Gasteiger partial charge in [0.2, 0.25) is 21.8 Å². The fourth-order valence-electron chi connectivity index (χ4n) is 3.34. The molecule has 0 bridgehead atoms. The van der Waals surface area contributed by atoms with Gasteiger partial charge in [-0.25, -0.2) is 8.42 Å². The zero-order chi connectivity index (χ0) is 25.5. The maximum atomic E-state index is 13.6. The molecule has 0 radical (unpaired) electrons. The van der Waals surface area contributed by atoms with Crippen LogP contribution in [-0.2, 0) is 26.2 Å². The number of sulfonamides is 1. The van der Waals surface area contributed by atoms with Crippen molar-refractivity contribution in [2.24, 2.45) is 0 Å². The number of benzene rings is 2. The van der Waals surface area contributed by atoms with Gasteiger partial charge in [0, 0.05) is 23.1 Å². The number of amides is 2. The van der Waals surface area contributed by atoms with Crippen molar-refractivity contribution in [1.82, 2.24) is 10.2 Å². The summed E-state index contributed by atoms with van der Waals surface area (Å²) in [6.07, 6.45) is 2.06. The molecule has 2 rings (SSSR count). The molecule has 2 aromatic carbocycles. The number of hydrogen-bond donors (Lipinski definition) is 1. The van der Waals surface area contributed by atoms with Crippen LogP contribution in [-0.4, -0.2) is 50.5 Å². The average molecular weight is 549 g/mol. The quantitative estimate of drug-likeness (QED) is 0.439. The molecule has 34 heavy (non-hydrogen) atoms. The molecule has 0 aromatic heterocycles. The Labute approximate surface area is 216 Å². The highest BCUT2D eigenvalue weighted by atomic mass is 35.5. The van der Waals surface area contributed by atoms with E-state index >= 15 is 0 Å². The molecule has 0 spiro atoms. The maximum absolute atomic E-state index is 13.6. The van der Waals surface area contributed by atoms with Crippen molar-refractivity contribution in [2.75, 3.05) is 23.7 Å². The Morgan fingerprint density at radius 1 is 1.00 bits per heavy atom. The average Bonchev–Trinajstić information content (AvgIpc) is 2.78. The molecule has 1 unspecified atom stereocenters. The van der Waals surface area contributed by atoms with Gasteiger partial charge in [-0.2, -0.15) is 0 Å². The van der Waals surface area contributed by atoms with E-state index in [1.807, 2.05) is 6.92 Å². The molecular weight excluding hydrogens is 521 g/mol. The molecule has 0 aliphatic rings. The lowest BCUT2D eigenvalue weighted by atomic mass is 10.1. The predicted octanol–water partition coefficient (Wildman–Crippen LogP) is 4.75. The lowest BCUT2D eigenvalue weighted by molar-refractivity contribution is -0.140. The number of carbonyl (C=O) groups is 2. The van der Waals surface area contributed by atoms with Crippen molar-refractivity contribution in [1.29, 1.82) is 0 Å². The molecular formula is C23H28Cl3N3O4S. The molecule has 0 aliphatic heterocycles. The summed E-state index contributed by atoms with van der Waals surface area (Å²) in [7, 11) is -3.91. The van der Waals surface area contributed by atoms with Crippen LogP contribution in [0.1, 0.15) is 32.3 Å². The Bertz CT molecular complexity index is 1110. The first kappa shape index (κ1) is 28.2. The summed E-state index contributed by atoms with van der Waals surface area (Å²) >= 11 is 18.3. The minimum atomic E-state index is -3.91. The van der Waals surface area contributed by atoms with Crippen molar-refractivity contribution in [2.45, 2.75) is 39.3 Å². The summed E-state index contributed by atoms with van der Waals surface area (Å²) in [6.45, 7) is 3.72. The van der Waals surface area contributed by atoms with Crippen molar-refractivity contribution in [3.8, 4) is 0 Å². The van der Waals surface area contributed by atoms with Gasteiger partial charge in [0.25, 0.3) is 0 Å². The second-order valence-electron chi connectivity index (χ2n) is 7.73. The van der Waals surface area contributed by atoms with Gasteiger partial charge in [-0.3, -0.25) is 13.9 Å². The number of halogens is 3. The van der Waals surface area contributed by atoms with Crippen LogP contribution in [0.25, 0.3) is 0 Å². The zero-order valence-electron chi connectivity index (χ0n) is 19.2. The molecule has 2 aromatic rings. The number of anilines is 1. The first-order valence-corrected chi connectivity index (χ1v) is 13.7. The molecule has 186 valence electrons. The highest BCUT2D eigenvalue weighted by Crippen LogP contribution is 2.31. The summed E-state index contributed by atoms with van der Waals surface area (Å²) in [5.74, 6) is -0.867. The molecule has 11 heteroatoms. The van der Waals surface area contributed by atoms with Crippen LogP contribution in [0.15, 0.2) is 42.5 Å². The minimum absolute atomic E-state index is 0.0833. The summed E-state index contributed by atoms with van der Waals surface area (Å²) in [5, 5.41) is 3.75. The van der Waals surface area contributed by atoms with E-state index in [-0.39, 0.29) is 28.2 Å². The number of carbonyl (C=O) groups excluding carboxylic acids is 2. The standard InChI is InChI=1S/C23H28Cl3N3O4S/c1-4-12-27-23(31)20(5-2)28(14-16-6-8-17(24)9-7-16)22(30)15-29(34(3,32)33)21-13-18(25)10-11-19(21)26/h6-11,13,20H,4-5,12,14-15H2,1-3H3,(H,27,31). The van der Waals surface area contributed by atoms with Gasteiger partial charge in [-0.05, 0) is 48.7 Å². The highest BCUT2D eigenvalue weighted by molar-refractivity contribution is 7.92. The monoisotopic (exact) mass is 547 g/mol. The van der Waals surface area contributed by atoms with Crippen LogP contribution in [0.5, 0.6) is 0 Å². The van der Waals surface area contributed by atoms with E-state index in [0.29, 0.717) is 18.0 Å². The van der Waals surface area contributed by atoms with Crippen LogP contribution in [0, 0.1) is 0 Å². The van der Waals surface area contributed by atoms with Crippen LogP contribution in [0.3, 0.4) is 0 Å². The third kappa shape index (κ3) is 7.77. The topological polar surface area (TPSA) is 86.8 Å². The number of rotatable bonds is 11. The molecule has 1 atom stereocenters. The Morgan fingerprint density at radius 2 is 1.62 bits per heavy atom. The van der Waals surface area contributed by atoms with E-state index in [0.717, 1.165) is 22.5 Å². The number of nitrogens with zero attached hydrogens (tertiary/aromatic N) is 2. The van der Waals surface area contributed by atoms with Gasteiger partial charge in [0.1, 0.15) is 12.6 Å². The first-order valence-electron chi connectivity index (χ1n) is 10.7. The molecule has 0 heterocycles. The maximum Gasteiger partial charge on any atom is 0.244 e. The van der Waals surface area contributed by atoms with Crippen LogP contribution >= 0.6 is 34.8 Å². The smallest absolute Gasteiger partial charge is 0.244 e. The van der Waals surface area contributed by atoms with E-state index in [4.69, 9.17) is 34.8 Å². The van der Waals surface area contributed by atoms with Gasteiger partial charge in [-0.1, -0.05) is 60.8 Å². The summed E-state index contributed by atoms with van der Waals surface area (Å²) in [6, 6.07) is 10.4. The van der Waals surface area contributed by atoms with Gasteiger partial charge in [-0.15, -0.1) is 0 Å². The van der Waals surface area contributed by atoms with E-state index in [1.165, 1.54) is 23.1 Å². The van der Waals surface area contributed by atoms with Crippen LogP contribution in [0.4, 0.5) is 5.69 Å². The van der Waals surface area contributed by atoms with Crippen molar-refractivity contribution >= 4 is 62.3 Å². The van der Waals surface area contributed by atoms with Gasteiger partial charge >= 0.3 is 0 Å². The molecule has 0 saturated heterocycles. The SMILES string of the molecule is CCCNC(=O)C(CC)N(Cc1ccc(Cl)cc1)C(=O)CN(c1cc(Cl)ccc1Cl)S(C)(=O)=O. The summed E-state index contributed by atoms with van der Waals surface area (Å²) < 4.78 is 26.1. The van der Waals surface area contributed by atoms with Crippen molar-refractivity contribution in [3.63, 3.8) is 0 Å². The zero-order valence-corrected chi connectivity index (χ0v) is 22.3. The Balaban J connectivity index is 2.45. The largest absolute Gasteiger partial charge is 0.354 e. The molecule has 0 aliphatic carbocycles. The Morgan fingerprint density at radius 3 is 2.18 bits per heavy atom. The Kier molecular flexibility index (Phi) is 10.5. The third-order valence-corrected chi connectivity index (χ3v) is 6.99. The van der Waals surface area contributed by atoms with Crippen LogP contribution in [0.2, 0.25) is 15.1 Å². The third-order valence-electron chi connectivity index (χ3n) is 5.06. The van der Waals surface area contributed by atoms with E-state index in [9.17, 15) is 18.0 Å². The van der Waals surface area contributed by atoms with Gasteiger partial charge < -0.3 is 10.2 Å². The Hall–Kier alpha value is -2.00. The van der Waals surface area contributed by atoms with Crippen molar-refractivity contribution < 1.29 is 18.0 Å². The van der Waals surface area contributed by atoms with E-state index < -0.39 is 28.5 Å². The normalized spacial score (nSPS) is 12.2. The highest BCUT2D eigenvalue weighted by Gasteiger charge is 2.32. The number of hydrogen-bond acceptors (Lipinski definition) is 4. The van der Waals surface area contributed by atoms with E-state index in [2.05, 4.69) is 5.32 Å². The van der Waals surface area contributed by atoms with E-state index in [1.54, 1.807) is 31.2 Å².